The van der Waals surface area contributed by atoms with Crippen molar-refractivity contribution in [1.29, 1.82) is 0 Å². The van der Waals surface area contributed by atoms with Gasteiger partial charge in [0.2, 0.25) is 5.91 Å². The zero-order valence-corrected chi connectivity index (χ0v) is 15.9. The number of halogens is 1. The maximum atomic E-state index is 12.4. The van der Waals surface area contributed by atoms with E-state index in [-0.39, 0.29) is 5.91 Å². The Morgan fingerprint density at radius 2 is 2.00 bits per heavy atom. The van der Waals surface area contributed by atoms with Gasteiger partial charge in [-0.15, -0.1) is 0 Å². The van der Waals surface area contributed by atoms with E-state index in [2.05, 4.69) is 36.5 Å². The molecule has 0 aliphatic heterocycles. The molecule has 3 aromatic heterocycles. The van der Waals surface area contributed by atoms with Gasteiger partial charge in [-0.1, -0.05) is 0 Å². The van der Waals surface area contributed by atoms with Gasteiger partial charge >= 0.3 is 0 Å². The lowest BCUT2D eigenvalue weighted by molar-refractivity contribution is -0.119. The molecule has 1 atom stereocenters. The Morgan fingerprint density at radius 1 is 1.24 bits per heavy atom. The van der Waals surface area contributed by atoms with Crippen LogP contribution in [0.2, 0.25) is 0 Å². The minimum Gasteiger partial charge on any atom is -0.322 e. The van der Waals surface area contributed by atoms with Gasteiger partial charge in [-0.3, -0.25) is 18.8 Å². The highest BCUT2D eigenvalue weighted by Crippen LogP contribution is 2.18. The Morgan fingerprint density at radius 3 is 2.64 bits per heavy atom. The van der Waals surface area contributed by atoms with Gasteiger partial charge in [-0.25, -0.2) is 0 Å². The number of aromatic nitrogens is 6. The highest BCUT2D eigenvalue weighted by Gasteiger charge is 2.17. The van der Waals surface area contributed by atoms with Crippen LogP contribution in [0.4, 0.5) is 5.69 Å². The van der Waals surface area contributed by atoms with E-state index in [9.17, 15) is 4.79 Å². The molecule has 3 rings (SSSR count). The number of carbonyl (C=O) groups excluding carboxylic acids is 1. The number of rotatable bonds is 6. The molecule has 0 aromatic carbocycles. The summed E-state index contributed by atoms with van der Waals surface area (Å²) < 4.78 is 6.16. The number of aryl methyl sites for hydroxylation is 2. The fourth-order valence-electron chi connectivity index (χ4n) is 2.39. The van der Waals surface area contributed by atoms with E-state index < -0.39 is 6.04 Å². The molecular weight excluding hydrogens is 386 g/mol. The lowest BCUT2D eigenvalue weighted by Gasteiger charge is -2.11. The number of hydrogen-bond donors (Lipinski definition) is 1. The summed E-state index contributed by atoms with van der Waals surface area (Å²) in [7, 11) is 0. The van der Waals surface area contributed by atoms with Crippen molar-refractivity contribution in [3.05, 3.63) is 46.7 Å². The summed E-state index contributed by atoms with van der Waals surface area (Å²) in [6.45, 7) is 7.17. The molecule has 1 unspecified atom stereocenters. The Hall–Kier alpha value is -2.42. The van der Waals surface area contributed by atoms with Gasteiger partial charge in [-0.05, 0) is 36.7 Å². The van der Waals surface area contributed by atoms with Crippen LogP contribution in [0, 0.1) is 6.92 Å². The summed E-state index contributed by atoms with van der Waals surface area (Å²) in [6.07, 6.45) is 9.05. The first-order valence-corrected chi connectivity index (χ1v) is 8.81. The van der Waals surface area contributed by atoms with E-state index in [1.165, 1.54) is 0 Å². The highest BCUT2D eigenvalue weighted by molar-refractivity contribution is 9.10. The van der Waals surface area contributed by atoms with Gasteiger partial charge in [0.25, 0.3) is 0 Å². The molecule has 9 heteroatoms. The predicted octanol–water partition coefficient (Wildman–Crippen LogP) is 2.61. The van der Waals surface area contributed by atoms with Crippen molar-refractivity contribution >= 4 is 27.5 Å². The van der Waals surface area contributed by atoms with E-state index in [1.807, 2.05) is 30.9 Å². The first-order chi connectivity index (χ1) is 12.0. The molecule has 8 nitrogen and oxygen atoms in total. The van der Waals surface area contributed by atoms with Crippen LogP contribution in [-0.4, -0.2) is 35.2 Å². The van der Waals surface area contributed by atoms with Gasteiger partial charge in [-0.2, -0.15) is 15.3 Å². The predicted molar refractivity (Wildman–Crippen MR) is 97.2 cm³/mol. The molecule has 132 valence electrons. The van der Waals surface area contributed by atoms with Crippen LogP contribution in [0.5, 0.6) is 0 Å². The number of hydrogen-bond acceptors (Lipinski definition) is 4. The molecule has 0 spiro atoms. The molecule has 0 saturated carbocycles. The first-order valence-electron chi connectivity index (χ1n) is 8.02. The third-order valence-corrected chi connectivity index (χ3v) is 4.67. The Kier molecular flexibility index (Phi) is 5.03. The van der Waals surface area contributed by atoms with Crippen LogP contribution in [0.15, 0.2) is 35.5 Å². The number of anilines is 1. The zero-order valence-electron chi connectivity index (χ0n) is 14.3. The molecule has 1 N–H and O–H groups in total. The second kappa shape index (κ2) is 7.22. The minimum atomic E-state index is -0.420. The standard InChI is InChI=1S/C16H20BrN7O/c1-4-22-7-13(5-18-22)8-23-9-14(6-19-23)20-16(25)12(3)24-10-15(17)11(2)21-24/h5-7,9-10,12H,4,8H2,1-3H3,(H,20,25). The van der Waals surface area contributed by atoms with E-state index in [0.717, 1.165) is 22.3 Å². The average molecular weight is 406 g/mol. The molecule has 0 aliphatic rings. The van der Waals surface area contributed by atoms with Crippen LogP contribution >= 0.6 is 15.9 Å². The Balaban J connectivity index is 1.63. The maximum Gasteiger partial charge on any atom is 0.249 e. The summed E-state index contributed by atoms with van der Waals surface area (Å²) in [5, 5.41) is 15.7. The molecule has 25 heavy (non-hydrogen) atoms. The van der Waals surface area contributed by atoms with Gasteiger partial charge in [0.05, 0.1) is 34.8 Å². The zero-order chi connectivity index (χ0) is 18.0. The second-order valence-corrected chi connectivity index (χ2v) is 6.69. The topological polar surface area (TPSA) is 82.6 Å². The van der Waals surface area contributed by atoms with Crippen molar-refractivity contribution in [2.45, 2.75) is 39.9 Å². The van der Waals surface area contributed by atoms with Gasteiger partial charge in [0.15, 0.2) is 0 Å². The molecule has 1 amide bonds. The van der Waals surface area contributed by atoms with Crippen LogP contribution in [0.3, 0.4) is 0 Å². The second-order valence-electron chi connectivity index (χ2n) is 5.84. The number of amides is 1. The van der Waals surface area contributed by atoms with Crippen LogP contribution in [0.1, 0.15) is 31.1 Å². The summed E-state index contributed by atoms with van der Waals surface area (Å²) >= 11 is 3.41. The smallest absolute Gasteiger partial charge is 0.249 e. The summed E-state index contributed by atoms with van der Waals surface area (Å²) in [6, 6.07) is -0.420. The quantitative estimate of drug-likeness (QED) is 0.682. The molecular formula is C16H20BrN7O. The lowest BCUT2D eigenvalue weighted by atomic mass is 10.3. The van der Waals surface area contributed by atoms with Crippen LogP contribution in [-0.2, 0) is 17.9 Å². The van der Waals surface area contributed by atoms with E-state index in [4.69, 9.17) is 0 Å². The summed E-state index contributed by atoms with van der Waals surface area (Å²) in [5.41, 5.74) is 2.57. The monoisotopic (exact) mass is 405 g/mol. The third kappa shape index (κ3) is 3.98. The largest absolute Gasteiger partial charge is 0.322 e. The fraction of sp³-hybridized carbons (Fsp3) is 0.375. The van der Waals surface area contributed by atoms with Crippen molar-refractivity contribution in [1.82, 2.24) is 29.3 Å². The Bertz CT molecular complexity index is 859. The van der Waals surface area contributed by atoms with Crippen molar-refractivity contribution in [3.8, 4) is 0 Å². The van der Waals surface area contributed by atoms with Gasteiger partial charge in [0, 0.05) is 30.7 Å². The molecule has 0 radical (unpaired) electrons. The molecule has 3 aromatic rings. The number of carbonyl (C=O) groups is 1. The summed E-state index contributed by atoms with van der Waals surface area (Å²) in [5.74, 6) is -0.145. The highest BCUT2D eigenvalue weighted by atomic mass is 79.9. The maximum absolute atomic E-state index is 12.4. The Labute approximate surface area is 154 Å². The van der Waals surface area contributed by atoms with E-state index >= 15 is 0 Å². The molecule has 0 aliphatic carbocycles. The van der Waals surface area contributed by atoms with Gasteiger partial charge < -0.3 is 5.32 Å². The van der Waals surface area contributed by atoms with Crippen molar-refractivity contribution in [2.24, 2.45) is 0 Å². The van der Waals surface area contributed by atoms with Crippen molar-refractivity contribution in [3.63, 3.8) is 0 Å². The van der Waals surface area contributed by atoms with E-state index in [0.29, 0.717) is 12.2 Å². The number of nitrogens with zero attached hydrogens (tertiary/aromatic N) is 6. The fourth-order valence-corrected chi connectivity index (χ4v) is 2.68. The molecule has 0 saturated heterocycles. The normalized spacial score (nSPS) is 12.3. The van der Waals surface area contributed by atoms with Crippen molar-refractivity contribution in [2.75, 3.05) is 5.32 Å². The first kappa shape index (κ1) is 17.4. The minimum absolute atomic E-state index is 0.145. The summed E-state index contributed by atoms with van der Waals surface area (Å²) in [4.78, 5) is 12.4. The molecule has 0 bridgehead atoms. The third-order valence-electron chi connectivity index (χ3n) is 3.89. The van der Waals surface area contributed by atoms with Gasteiger partial charge in [0.1, 0.15) is 6.04 Å². The number of nitrogens with one attached hydrogen (secondary N) is 1. The molecule has 0 fully saturated rings. The average Bonchev–Trinajstić information content (AvgIpc) is 3.29. The molecule has 3 heterocycles. The van der Waals surface area contributed by atoms with Crippen LogP contribution in [0.25, 0.3) is 0 Å². The lowest BCUT2D eigenvalue weighted by Crippen LogP contribution is -2.23. The van der Waals surface area contributed by atoms with Crippen LogP contribution < -0.4 is 5.32 Å². The van der Waals surface area contributed by atoms with Crippen molar-refractivity contribution < 1.29 is 4.79 Å². The SMILES string of the molecule is CCn1cc(Cn2cc(NC(=O)C(C)n3cc(Br)c(C)n3)cn2)cn1. The van der Waals surface area contributed by atoms with E-state index in [1.54, 1.807) is 34.9 Å².